The predicted molar refractivity (Wildman–Crippen MR) is 110 cm³/mol. The Morgan fingerprint density at radius 1 is 0.840 bits per heavy atom. The molecule has 1 saturated heterocycles. The van der Waals surface area contributed by atoms with Gasteiger partial charge in [-0.15, -0.1) is 12.4 Å². The van der Waals surface area contributed by atoms with Gasteiger partial charge in [0.05, 0.1) is 0 Å². The molecule has 1 atom stereocenters. The second-order valence-electron chi connectivity index (χ2n) is 6.57. The van der Waals surface area contributed by atoms with Gasteiger partial charge in [-0.25, -0.2) is 0 Å². The Kier molecular flexibility index (Phi) is 8.54. The molecule has 1 fully saturated rings. The van der Waals surface area contributed by atoms with Crippen LogP contribution in [0.2, 0.25) is 10.0 Å². The fourth-order valence-corrected chi connectivity index (χ4v) is 3.52. The normalized spacial score (nSPS) is 17.3. The highest BCUT2D eigenvalue weighted by atomic mass is 35.5. The standard InChI is InChI=1S/C20H24Cl2N2.ClH/c21-18-8-4-16(5-9-18)13-24(15-20-3-1-2-12-23-20)14-17-6-10-19(22)11-7-17;/h4-11,20,23H,1-3,12-15H2;1H. The number of hydrogen-bond acceptors (Lipinski definition) is 2. The highest BCUT2D eigenvalue weighted by molar-refractivity contribution is 6.30. The van der Waals surface area contributed by atoms with E-state index in [1.807, 2.05) is 24.3 Å². The number of piperidine rings is 1. The molecule has 0 radical (unpaired) electrons. The molecule has 0 amide bonds. The number of nitrogens with one attached hydrogen (secondary N) is 1. The first-order valence-electron chi connectivity index (χ1n) is 8.64. The Morgan fingerprint density at radius 2 is 1.36 bits per heavy atom. The van der Waals surface area contributed by atoms with E-state index < -0.39 is 0 Å². The van der Waals surface area contributed by atoms with Gasteiger partial charge in [0.1, 0.15) is 0 Å². The number of rotatable bonds is 6. The third kappa shape index (κ3) is 6.80. The molecule has 1 heterocycles. The van der Waals surface area contributed by atoms with E-state index in [2.05, 4.69) is 34.5 Å². The lowest BCUT2D eigenvalue weighted by molar-refractivity contribution is 0.209. The molecular formula is C20H25Cl3N2. The second-order valence-corrected chi connectivity index (χ2v) is 7.44. The Bertz CT molecular complexity index is 575. The Balaban J connectivity index is 0.00000225. The fraction of sp³-hybridized carbons (Fsp3) is 0.400. The first-order chi connectivity index (χ1) is 11.7. The highest BCUT2D eigenvalue weighted by Gasteiger charge is 2.17. The van der Waals surface area contributed by atoms with Crippen molar-refractivity contribution in [3.05, 3.63) is 69.7 Å². The summed E-state index contributed by atoms with van der Waals surface area (Å²) < 4.78 is 0. The zero-order valence-electron chi connectivity index (χ0n) is 14.3. The van der Waals surface area contributed by atoms with Crippen molar-refractivity contribution in [1.82, 2.24) is 10.2 Å². The molecule has 0 aromatic heterocycles. The van der Waals surface area contributed by atoms with E-state index >= 15 is 0 Å². The van der Waals surface area contributed by atoms with Crippen molar-refractivity contribution < 1.29 is 0 Å². The average molecular weight is 400 g/mol. The Hall–Kier alpha value is -0.770. The molecule has 1 aliphatic heterocycles. The smallest absolute Gasteiger partial charge is 0.0406 e. The maximum atomic E-state index is 6.01. The van der Waals surface area contributed by atoms with Crippen LogP contribution in [0.3, 0.4) is 0 Å². The summed E-state index contributed by atoms with van der Waals surface area (Å²) in [5, 5.41) is 5.23. The summed E-state index contributed by atoms with van der Waals surface area (Å²) in [6, 6.07) is 16.9. The molecule has 0 spiro atoms. The first kappa shape index (κ1) is 20.5. The molecule has 25 heavy (non-hydrogen) atoms. The molecule has 3 rings (SSSR count). The second kappa shape index (κ2) is 10.4. The maximum Gasteiger partial charge on any atom is 0.0406 e. The number of nitrogens with zero attached hydrogens (tertiary/aromatic N) is 1. The van der Waals surface area contributed by atoms with Crippen molar-refractivity contribution >= 4 is 35.6 Å². The van der Waals surface area contributed by atoms with E-state index in [0.29, 0.717) is 6.04 Å². The molecule has 1 unspecified atom stereocenters. The molecule has 0 saturated carbocycles. The van der Waals surface area contributed by atoms with Gasteiger partial charge in [-0.05, 0) is 54.8 Å². The van der Waals surface area contributed by atoms with Crippen LogP contribution < -0.4 is 5.32 Å². The van der Waals surface area contributed by atoms with E-state index in [1.54, 1.807) is 0 Å². The van der Waals surface area contributed by atoms with Crippen molar-refractivity contribution in [3.8, 4) is 0 Å². The van der Waals surface area contributed by atoms with Crippen molar-refractivity contribution in [1.29, 1.82) is 0 Å². The Morgan fingerprint density at radius 3 is 1.80 bits per heavy atom. The third-order valence-corrected chi connectivity index (χ3v) is 5.03. The zero-order valence-corrected chi connectivity index (χ0v) is 16.6. The Labute approximate surface area is 166 Å². The van der Waals surface area contributed by atoms with Crippen LogP contribution >= 0.6 is 35.6 Å². The van der Waals surface area contributed by atoms with Gasteiger partial charge in [0.25, 0.3) is 0 Å². The molecule has 1 aliphatic rings. The van der Waals surface area contributed by atoms with Gasteiger partial charge in [0.15, 0.2) is 0 Å². The van der Waals surface area contributed by atoms with Crippen LogP contribution in [0.4, 0.5) is 0 Å². The van der Waals surface area contributed by atoms with Gasteiger partial charge >= 0.3 is 0 Å². The summed E-state index contributed by atoms with van der Waals surface area (Å²) in [5.41, 5.74) is 2.59. The molecule has 2 nitrogen and oxygen atoms in total. The van der Waals surface area contributed by atoms with Crippen LogP contribution in [0, 0.1) is 0 Å². The molecule has 1 N–H and O–H groups in total. The highest BCUT2D eigenvalue weighted by Crippen LogP contribution is 2.17. The minimum atomic E-state index is 0. The molecule has 5 heteroatoms. The van der Waals surface area contributed by atoms with Crippen molar-refractivity contribution in [2.45, 2.75) is 38.4 Å². The van der Waals surface area contributed by atoms with Crippen molar-refractivity contribution in [3.63, 3.8) is 0 Å². The molecule has 0 aliphatic carbocycles. The molecule has 0 bridgehead atoms. The molecular weight excluding hydrogens is 375 g/mol. The van der Waals surface area contributed by atoms with Gasteiger partial charge in [-0.2, -0.15) is 0 Å². The van der Waals surface area contributed by atoms with Gasteiger partial charge in [-0.3, -0.25) is 4.90 Å². The topological polar surface area (TPSA) is 15.3 Å². The monoisotopic (exact) mass is 398 g/mol. The molecule has 2 aromatic carbocycles. The van der Waals surface area contributed by atoms with Crippen LogP contribution in [0.25, 0.3) is 0 Å². The molecule has 2 aromatic rings. The van der Waals surface area contributed by atoms with Crippen molar-refractivity contribution in [2.75, 3.05) is 13.1 Å². The lowest BCUT2D eigenvalue weighted by atomic mass is 10.0. The van der Waals surface area contributed by atoms with Gasteiger partial charge in [-0.1, -0.05) is 53.9 Å². The summed E-state index contributed by atoms with van der Waals surface area (Å²) in [6.45, 7) is 4.06. The van der Waals surface area contributed by atoms with Crippen LogP contribution in [0.15, 0.2) is 48.5 Å². The van der Waals surface area contributed by atoms with Gasteiger partial charge in [0, 0.05) is 35.7 Å². The summed E-state index contributed by atoms with van der Waals surface area (Å²) in [7, 11) is 0. The van der Waals surface area contributed by atoms with Gasteiger partial charge < -0.3 is 5.32 Å². The zero-order chi connectivity index (χ0) is 16.8. The fourth-order valence-electron chi connectivity index (χ4n) is 3.27. The van der Waals surface area contributed by atoms with Crippen LogP contribution in [-0.4, -0.2) is 24.0 Å². The largest absolute Gasteiger partial charge is 0.313 e. The van der Waals surface area contributed by atoms with Gasteiger partial charge in [0.2, 0.25) is 0 Å². The summed E-state index contributed by atoms with van der Waals surface area (Å²) in [6.07, 6.45) is 3.88. The SMILES string of the molecule is Cl.Clc1ccc(CN(Cc2ccc(Cl)cc2)CC2CCCCN2)cc1. The van der Waals surface area contributed by atoms with E-state index in [-0.39, 0.29) is 12.4 Å². The minimum absolute atomic E-state index is 0. The lowest BCUT2D eigenvalue weighted by Crippen LogP contribution is -2.43. The quantitative estimate of drug-likeness (QED) is 0.684. The van der Waals surface area contributed by atoms with E-state index in [4.69, 9.17) is 23.2 Å². The van der Waals surface area contributed by atoms with Crippen LogP contribution in [0.5, 0.6) is 0 Å². The van der Waals surface area contributed by atoms with Crippen LogP contribution in [0.1, 0.15) is 30.4 Å². The maximum absolute atomic E-state index is 6.01. The minimum Gasteiger partial charge on any atom is -0.313 e. The number of halogens is 3. The number of hydrogen-bond donors (Lipinski definition) is 1. The predicted octanol–water partition coefficient (Wildman–Crippen LogP) is 5.56. The summed E-state index contributed by atoms with van der Waals surface area (Å²) in [4.78, 5) is 2.51. The lowest BCUT2D eigenvalue weighted by Gasteiger charge is -2.31. The summed E-state index contributed by atoms with van der Waals surface area (Å²) in [5.74, 6) is 0. The van der Waals surface area contributed by atoms with E-state index in [9.17, 15) is 0 Å². The van der Waals surface area contributed by atoms with E-state index in [1.165, 1.54) is 30.4 Å². The number of benzene rings is 2. The summed E-state index contributed by atoms with van der Waals surface area (Å²) >= 11 is 12.0. The first-order valence-corrected chi connectivity index (χ1v) is 9.39. The van der Waals surface area contributed by atoms with E-state index in [0.717, 1.165) is 36.2 Å². The van der Waals surface area contributed by atoms with Crippen molar-refractivity contribution in [2.24, 2.45) is 0 Å². The van der Waals surface area contributed by atoms with Crippen LogP contribution in [-0.2, 0) is 13.1 Å². The molecule has 136 valence electrons. The average Bonchev–Trinajstić information content (AvgIpc) is 2.60. The third-order valence-electron chi connectivity index (χ3n) is 4.53.